The Balaban J connectivity index is 2.15. The normalized spacial score (nSPS) is 10.8. The lowest BCUT2D eigenvalue weighted by Gasteiger charge is -2.13. The molecule has 0 aliphatic heterocycles. The molecule has 0 fully saturated rings. The van der Waals surface area contributed by atoms with Crippen LogP contribution >= 0.6 is 0 Å². The van der Waals surface area contributed by atoms with Crippen LogP contribution in [0.15, 0.2) is 9.59 Å². The zero-order valence-corrected chi connectivity index (χ0v) is 10.9. The molecular weight excluding hydrogens is 254 g/mol. The molecule has 0 unspecified atom stereocenters. The number of hydrogen-bond acceptors (Lipinski definition) is 7. The predicted octanol–water partition coefficient (Wildman–Crippen LogP) is -0.881. The average Bonchev–Trinajstić information content (AvgIpc) is 2.43. The Bertz CT molecular complexity index is 437. The van der Waals surface area contributed by atoms with Gasteiger partial charge >= 0.3 is 0 Å². The van der Waals surface area contributed by atoms with Crippen LogP contribution in [-0.4, -0.2) is 51.3 Å². The van der Waals surface area contributed by atoms with Crippen LogP contribution < -0.4 is 20.9 Å². The molecule has 2 N–H and O–H groups in total. The molecule has 7 heteroatoms. The molecule has 0 aromatic heterocycles. The summed E-state index contributed by atoms with van der Waals surface area (Å²) in [6.07, 6.45) is 0. The smallest absolute Gasteiger partial charge is 0.272 e. The molecule has 0 radical (unpaired) electrons. The molecule has 0 spiro atoms. The van der Waals surface area contributed by atoms with Crippen LogP contribution in [0.25, 0.3) is 0 Å². The first-order chi connectivity index (χ1) is 9.22. The Labute approximate surface area is 110 Å². The molecule has 0 heterocycles. The van der Waals surface area contributed by atoms with E-state index >= 15 is 0 Å². The molecule has 0 atom stereocenters. The summed E-state index contributed by atoms with van der Waals surface area (Å²) in [6.45, 7) is 3.98. The molecule has 0 aliphatic carbocycles. The maximum absolute atomic E-state index is 11.3. The van der Waals surface area contributed by atoms with Gasteiger partial charge in [0.05, 0.1) is 39.6 Å². The molecule has 1 aromatic carbocycles. The van der Waals surface area contributed by atoms with E-state index in [4.69, 9.17) is 19.3 Å². The molecule has 1 aromatic rings. The van der Waals surface area contributed by atoms with Crippen molar-refractivity contribution in [2.45, 2.75) is 6.92 Å². The van der Waals surface area contributed by atoms with Crippen LogP contribution in [0, 0.1) is 0 Å². The standard InChI is InChI=1S/C12H19NO6/c1-2-19-12-9(10(15)11(12)16)13-3-5-17-7-8-18-6-4-14/h13-14H,2-8H2,1H3. The fraction of sp³-hybridized carbons (Fsp3) is 0.667. The van der Waals surface area contributed by atoms with E-state index in [0.29, 0.717) is 39.6 Å². The SMILES string of the molecule is CCOc1c(NCCOCCOCCO)c(=O)c1=O. The van der Waals surface area contributed by atoms with Gasteiger partial charge in [-0.15, -0.1) is 0 Å². The third-order valence-corrected chi connectivity index (χ3v) is 2.31. The fourth-order valence-corrected chi connectivity index (χ4v) is 1.45. The molecule has 0 amide bonds. The van der Waals surface area contributed by atoms with Crippen molar-refractivity contribution in [2.75, 3.05) is 51.5 Å². The second-order valence-corrected chi connectivity index (χ2v) is 3.67. The van der Waals surface area contributed by atoms with Crippen LogP contribution in [0.5, 0.6) is 5.75 Å². The summed E-state index contributed by atoms with van der Waals surface area (Å²) >= 11 is 0. The van der Waals surface area contributed by atoms with Gasteiger partial charge in [0.1, 0.15) is 5.69 Å². The first kappa shape index (κ1) is 15.6. The van der Waals surface area contributed by atoms with E-state index in [0.717, 1.165) is 0 Å². The Morgan fingerprint density at radius 1 is 1.05 bits per heavy atom. The van der Waals surface area contributed by atoms with E-state index in [1.54, 1.807) is 6.92 Å². The minimum absolute atomic E-state index is 0.00788. The number of anilines is 1. The van der Waals surface area contributed by atoms with Gasteiger partial charge < -0.3 is 24.6 Å². The lowest BCUT2D eigenvalue weighted by atomic mass is 10.2. The third-order valence-electron chi connectivity index (χ3n) is 2.31. The molecule has 19 heavy (non-hydrogen) atoms. The summed E-state index contributed by atoms with van der Waals surface area (Å²) < 4.78 is 15.3. The molecular formula is C12H19NO6. The van der Waals surface area contributed by atoms with E-state index in [1.807, 2.05) is 0 Å². The summed E-state index contributed by atoms with van der Waals surface area (Å²) in [5.41, 5.74) is -0.899. The van der Waals surface area contributed by atoms with Gasteiger partial charge in [0.15, 0.2) is 5.75 Å². The van der Waals surface area contributed by atoms with Crippen molar-refractivity contribution in [1.82, 2.24) is 0 Å². The highest BCUT2D eigenvalue weighted by atomic mass is 16.5. The van der Waals surface area contributed by atoms with Gasteiger partial charge in [-0.3, -0.25) is 9.59 Å². The van der Waals surface area contributed by atoms with Crippen molar-refractivity contribution in [3.8, 4) is 5.75 Å². The van der Waals surface area contributed by atoms with E-state index in [1.165, 1.54) is 0 Å². The Kier molecular flexibility index (Phi) is 7.09. The molecule has 108 valence electrons. The van der Waals surface area contributed by atoms with Crippen molar-refractivity contribution < 1.29 is 19.3 Å². The average molecular weight is 273 g/mol. The highest BCUT2D eigenvalue weighted by molar-refractivity contribution is 5.61. The number of ether oxygens (including phenoxy) is 3. The molecule has 0 saturated carbocycles. The number of nitrogens with one attached hydrogen (secondary N) is 1. The van der Waals surface area contributed by atoms with Gasteiger partial charge in [-0.05, 0) is 6.92 Å². The molecule has 7 nitrogen and oxygen atoms in total. The molecule has 0 saturated heterocycles. The zero-order chi connectivity index (χ0) is 14.1. The van der Waals surface area contributed by atoms with Gasteiger partial charge in [-0.1, -0.05) is 0 Å². The van der Waals surface area contributed by atoms with Crippen LogP contribution in [-0.2, 0) is 9.47 Å². The highest BCUT2D eigenvalue weighted by Crippen LogP contribution is 2.16. The van der Waals surface area contributed by atoms with Crippen LogP contribution in [0.4, 0.5) is 5.69 Å². The van der Waals surface area contributed by atoms with Crippen molar-refractivity contribution in [1.29, 1.82) is 0 Å². The first-order valence-corrected chi connectivity index (χ1v) is 6.18. The quantitative estimate of drug-likeness (QED) is 0.399. The van der Waals surface area contributed by atoms with Crippen LogP contribution in [0.1, 0.15) is 6.92 Å². The Morgan fingerprint density at radius 3 is 2.37 bits per heavy atom. The second kappa shape index (κ2) is 8.63. The van der Waals surface area contributed by atoms with Gasteiger partial charge in [0.2, 0.25) is 0 Å². The summed E-state index contributed by atoms with van der Waals surface area (Å²) in [5.74, 6) is 0.110. The zero-order valence-electron chi connectivity index (χ0n) is 10.9. The van der Waals surface area contributed by atoms with E-state index in [2.05, 4.69) is 5.32 Å². The Hall–Kier alpha value is -1.44. The summed E-state index contributed by atoms with van der Waals surface area (Å²) in [7, 11) is 0. The number of hydrogen-bond donors (Lipinski definition) is 2. The third kappa shape index (κ3) is 4.62. The van der Waals surface area contributed by atoms with E-state index in [9.17, 15) is 9.59 Å². The van der Waals surface area contributed by atoms with Gasteiger partial charge in [-0.25, -0.2) is 0 Å². The molecule has 0 aliphatic rings. The molecule has 0 bridgehead atoms. The maximum atomic E-state index is 11.3. The van der Waals surface area contributed by atoms with E-state index < -0.39 is 10.9 Å². The minimum atomic E-state index is -0.581. The van der Waals surface area contributed by atoms with Crippen molar-refractivity contribution in [2.24, 2.45) is 0 Å². The fourth-order valence-electron chi connectivity index (χ4n) is 1.45. The summed E-state index contributed by atoms with van der Waals surface area (Å²) in [5, 5.41) is 11.3. The number of rotatable bonds is 11. The van der Waals surface area contributed by atoms with E-state index in [-0.39, 0.29) is 18.0 Å². The van der Waals surface area contributed by atoms with Gasteiger partial charge in [0, 0.05) is 6.54 Å². The highest BCUT2D eigenvalue weighted by Gasteiger charge is 2.21. The summed E-state index contributed by atoms with van der Waals surface area (Å²) in [6, 6.07) is 0. The molecule has 1 rings (SSSR count). The second-order valence-electron chi connectivity index (χ2n) is 3.67. The van der Waals surface area contributed by atoms with Crippen molar-refractivity contribution in [3.05, 3.63) is 20.4 Å². The van der Waals surface area contributed by atoms with Crippen LogP contribution in [0.3, 0.4) is 0 Å². The largest absolute Gasteiger partial charge is 0.488 e. The monoisotopic (exact) mass is 273 g/mol. The van der Waals surface area contributed by atoms with Crippen molar-refractivity contribution in [3.63, 3.8) is 0 Å². The topological polar surface area (TPSA) is 94.1 Å². The lowest BCUT2D eigenvalue weighted by Crippen LogP contribution is -2.36. The number of aliphatic hydroxyl groups is 1. The van der Waals surface area contributed by atoms with Crippen LogP contribution in [0.2, 0.25) is 0 Å². The first-order valence-electron chi connectivity index (χ1n) is 6.18. The van der Waals surface area contributed by atoms with Gasteiger partial charge in [-0.2, -0.15) is 0 Å². The van der Waals surface area contributed by atoms with Crippen molar-refractivity contribution >= 4 is 5.69 Å². The number of aliphatic hydroxyl groups excluding tert-OH is 1. The Morgan fingerprint density at radius 2 is 1.74 bits per heavy atom. The van der Waals surface area contributed by atoms with Gasteiger partial charge in [0.25, 0.3) is 10.9 Å². The minimum Gasteiger partial charge on any atom is -0.488 e. The summed E-state index contributed by atoms with van der Waals surface area (Å²) in [4.78, 5) is 22.4. The maximum Gasteiger partial charge on any atom is 0.272 e. The predicted molar refractivity (Wildman–Crippen MR) is 69.7 cm³/mol. The lowest BCUT2D eigenvalue weighted by molar-refractivity contribution is 0.0361.